The third kappa shape index (κ3) is 5.96. The Morgan fingerprint density at radius 1 is 1.05 bits per heavy atom. The first-order valence-corrected chi connectivity index (χ1v) is 15.6. The number of alkyl halides is 3. The Hall–Kier alpha value is -2.76. The van der Waals surface area contributed by atoms with Crippen LogP contribution >= 0.6 is 0 Å². The summed E-state index contributed by atoms with van der Waals surface area (Å²) in [5.74, 6) is 0.964. The molecule has 0 radical (unpaired) electrons. The molecule has 0 N–H and O–H groups in total. The number of nitrogens with zero attached hydrogens (tertiary/aromatic N) is 5. The fraction of sp³-hybridized carbons (Fsp3) is 0.517. The van der Waals surface area contributed by atoms with Crippen LogP contribution in [0.5, 0.6) is 0 Å². The van der Waals surface area contributed by atoms with Crippen LogP contribution in [0.15, 0.2) is 41.3 Å². The number of fused-ring (bicyclic) bond motifs is 1. The van der Waals surface area contributed by atoms with Crippen molar-refractivity contribution in [3.8, 4) is 11.4 Å². The van der Waals surface area contributed by atoms with Crippen LogP contribution in [-0.4, -0.2) is 77.8 Å². The van der Waals surface area contributed by atoms with Gasteiger partial charge in [-0.3, -0.25) is 4.90 Å². The second-order valence-corrected chi connectivity index (χ2v) is 13.4. The van der Waals surface area contributed by atoms with E-state index in [4.69, 9.17) is 0 Å². The normalized spacial score (nSPS) is 18.6. The molecule has 1 fully saturated rings. The number of halogens is 3. The second-order valence-electron chi connectivity index (χ2n) is 11.4. The SMILES string of the molecule is CC(C)CN1CCC(N2CC=C(c3cc4c(nc(-c5ccc(S(C)(=O)=O)cc5)n4C)c(C(F)(F)F)n3)CC2)CC1. The molecule has 0 atom stereocenters. The van der Waals surface area contributed by atoms with E-state index in [1.165, 1.54) is 12.1 Å². The molecule has 7 nitrogen and oxygen atoms in total. The maximum Gasteiger partial charge on any atom is 0.435 e. The highest BCUT2D eigenvalue weighted by Gasteiger charge is 2.37. The van der Waals surface area contributed by atoms with Gasteiger partial charge in [0.2, 0.25) is 0 Å². The summed E-state index contributed by atoms with van der Waals surface area (Å²) in [4.78, 5) is 13.5. The Morgan fingerprint density at radius 3 is 2.27 bits per heavy atom. The zero-order valence-electron chi connectivity index (χ0n) is 23.4. The predicted molar refractivity (Wildman–Crippen MR) is 151 cm³/mol. The number of aryl methyl sites for hydroxylation is 1. The van der Waals surface area contributed by atoms with Crippen molar-refractivity contribution < 1.29 is 21.6 Å². The van der Waals surface area contributed by atoms with E-state index in [2.05, 4.69) is 33.6 Å². The van der Waals surface area contributed by atoms with Crippen LogP contribution in [0.4, 0.5) is 13.2 Å². The van der Waals surface area contributed by atoms with Gasteiger partial charge in [-0.05, 0) is 74.2 Å². The first kappa shape index (κ1) is 28.8. The van der Waals surface area contributed by atoms with Crippen LogP contribution in [-0.2, 0) is 23.1 Å². The van der Waals surface area contributed by atoms with Crippen molar-refractivity contribution in [1.29, 1.82) is 0 Å². The number of hydrogen-bond donors (Lipinski definition) is 0. The second kappa shape index (κ2) is 10.9. The molecule has 0 amide bonds. The van der Waals surface area contributed by atoms with Gasteiger partial charge >= 0.3 is 6.18 Å². The Bertz CT molecular complexity index is 1520. The third-order valence-corrected chi connectivity index (χ3v) is 9.07. The van der Waals surface area contributed by atoms with E-state index in [-0.39, 0.29) is 10.4 Å². The van der Waals surface area contributed by atoms with Crippen molar-refractivity contribution in [2.24, 2.45) is 13.0 Å². The first-order valence-electron chi connectivity index (χ1n) is 13.7. The van der Waals surface area contributed by atoms with Crippen molar-refractivity contribution in [2.75, 3.05) is 39.0 Å². The number of aromatic nitrogens is 3. The minimum atomic E-state index is -4.68. The smallest absolute Gasteiger partial charge is 0.327 e. The minimum Gasteiger partial charge on any atom is -0.327 e. The van der Waals surface area contributed by atoms with Crippen molar-refractivity contribution in [3.63, 3.8) is 0 Å². The lowest BCUT2D eigenvalue weighted by Gasteiger charge is -2.40. The topological polar surface area (TPSA) is 71.3 Å². The molecular weight excluding hydrogens is 539 g/mol. The molecule has 2 aromatic heterocycles. The molecule has 216 valence electrons. The summed E-state index contributed by atoms with van der Waals surface area (Å²) in [6.07, 6.45) is 1.32. The van der Waals surface area contributed by atoms with Crippen LogP contribution in [0.25, 0.3) is 28.0 Å². The van der Waals surface area contributed by atoms with Gasteiger partial charge in [-0.2, -0.15) is 13.2 Å². The largest absolute Gasteiger partial charge is 0.435 e. The Labute approximate surface area is 233 Å². The van der Waals surface area contributed by atoms with Gasteiger partial charge in [-0.15, -0.1) is 0 Å². The number of benzene rings is 1. The lowest BCUT2D eigenvalue weighted by molar-refractivity contribution is -0.139. The molecular formula is C29H36F3N5O2S. The van der Waals surface area contributed by atoms with E-state index in [9.17, 15) is 21.6 Å². The van der Waals surface area contributed by atoms with Gasteiger partial charge < -0.3 is 9.47 Å². The standard InChI is InChI=1S/C29H36F3N5O2S/c1-19(2)18-36-13-11-22(12-14-36)37-15-9-20(10-16-37)24-17-25-26(27(33-24)29(30,31)32)34-28(35(25)3)21-5-7-23(8-6-21)40(4,38)39/h5-9,17,19,22H,10-16,18H2,1-4H3. The zero-order valence-corrected chi connectivity index (χ0v) is 24.2. The lowest BCUT2D eigenvalue weighted by Crippen LogP contribution is -2.46. The van der Waals surface area contributed by atoms with Crippen molar-refractivity contribution in [1.82, 2.24) is 24.3 Å². The molecule has 40 heavy (non-hydrogen) atoms. The van der Waals surface area contributed by atoms with Crippen LogP contribution in [0, 0.1) is 5.92 Å². The number of imidazole rings is 1. The number of rotatable bonds is 6. The van der Waals surface area contributed by atoms with E-state index in [1.54, 1.807) is 29.8 Å². The number of piperidine rings is 1. The average Bonchev–Trinajstić information content (AvgIpc) is 3.23. The van der Waals surface area contributed by atoms with E-state index in [1.807, 2.05) is 6.08 Å². The average molecular weight is 576 g/mol. The maximum atomic E-state index is 14.2. The van der Waals surface area contributed by atoms with E-state index in [0.29, 0.717) is 47.5 Å². The molecule has 0 bridgehead atoms. The van der Waals surface area contributed by atoms with E-state index >= 15 is 0 Å². The number of likely N-dealkylation sites (tertiary alicyclic amines) is 1. The highest BCUT2D eigenvalue weighted by Crippen LogP contribution is 2.37. The van der Waals surface area contributed by atoms with Gasteiger partial charge in [0, 0.05) is 44.5 Å². The summed E-state index contributed by atoms with van der Waals surface area (Å²) in [6.45, 7) is 9.27. The van der Waals surface area contributed by atoms with E-state index in [0.717, 1.165) is 50.8 Å². The fourth-order valence-electron chi connectivity index (χ4n) is 5.89. The van der Waals surface area contributed by atoms with Crippen molar-refractivity contribution in [2.45, 2.75) is 50.2 Å². The summed E-state index contributed by atoms with van der Waals surface area (Å²) in [7, 11) is -1.73. The molecule has 2 aliphatic rings. The quantitative estimate of drug-likeness (QED) is 0.399. The van der Waals surface area contributed by atoms with Crippen LogP contribution < -0.4 is 0 Å². The highest BCUT2D eigenvalue weighted by atomic mass is 32.2. The molecule has 1 saturated heterocycles. The minimum absolute atomic E-state index is 0.134. The number of hydrogen-bond acceptors (Lipinski definition) is 6. The van der Waals surface area contributed by atoms with Crippen molar-refractivity contribution >= 4 is 26.4 Å². The van der Waals surface area contributed by atoms with Gasteiger partial charge in [0.25, 0.3) is 0 Å². The Morgan fingerprint density at radius 2 is 1.73 bits per heavy atom. The summed E-state index contributed by atoms with van der Waals surface area (Å²) in [6, 6.07) is 8.18. The van der Waals surface area contributed by atoms with Crippen LogP contribution in [0.1, 0.15) is 44.5 Å². The maximum absolute atomic E-state index is 14.2. The molecule has 11 heteroatoms. The Kier molecular flexibility index (Phi) is 7.84. The lowest BCUT2D eigenvalue weighted by atomic mass is 9.97. The highest BCUT2D eigenvalue weighted by molar-refractivity contribution is 7.90. The summed E-state index contributed by atoms with van der Waals surface area (Å²) in [5, 5.41) is 0. The van der Waals surface area contributed by atoms with Crippen LogP contribution in [0.2, 0.25) is 0 Å². The van der Waals surface area contributed by atoms with E-state index < -0.39 is 21.7 Å². The number of sulfone groups is 1. The third-order valence-electron chi connectivity index (χ3n) is 7.94. The molecule has 0 saturated carbocycles. The summed E-state index contributed by atoms with van der Waals surface area (Å²) in [5.41, 5.74) is 0.782. The van der Waals surface area contributed by atoms with Gasteiger partial charge in [0.15, 0.2) is 15.5 Å². The van der Waals surface area contributed by atoms with Gasteiger partial charge in [0.1, 0.15) is 11.3 Å². The zero-order chi connectivity index (χ0) is 28.8. The molecule has 2 aliphatic heterocycles. The summed E-state index contributed by atoms with van der Waals surface area (Å²) < 4.78 is 67.9. The molecule has 0 spiro atoms. The predicted octanol–water partition coefficient (Wildman–Crippen LogP) is 5.27. The first-order chi connectivity index (χ1) is 18.8. The van der Waals surface area contributed by atoms with Crippen LogP contribution in [0.3, 0.4) is 0 Å². The molecule has 3 aromatic rings. The Balaban J connectivity index is 1.42. The molecule has 0 aliphatic carbocycles. The van der Waals surface area contributed by atoms with Gasteiger partial charge in [0.05, 0.1) is 16.1 Å². The summed E-state index contributed by atoms with van der Waals surface area (Å²) >= 11 is 0. The molecule has 1 aromatic carbocycles. The molecule has 5 rings (SSSR count). The number of pyridine rings is 1. The fourth-order valence-corrected chi connectivity index (χ4v) is 6.52. The molecule has 0 unspecified atom stereocenters. The molecule has 4 heterocycles. The van der Waals surface area contributed by atoms with Gasteiger partial charge in [-0.25, -0.2) is 18.4 Å². The monoisotopic (exact) mass is 575 g/mol. The van der Waals surface area contributed by atoms with Crippen molar-refractivity contribution in [3.05, 3.63) is 47.8 Å². The van der Waals surface area contributed by atoms with Gasteiger partial charge in [-0.1, -0.05) is 19.9 Å².